The SMILES string of the molecule is COC(=O)c1cc(C2CC2)cc(OCC2CN(Cc3ccc(-c4cccc(Cl)c4)cc3)C2)c1F. The molecule has 0 N–H and O–H groups in total. The molecule has 0 atom stereocenters. The van der Waals surface area contributed by atoms with Crippen LogP contribution in [-0.2, 0) is 11.3 Å². The number of hydrogen-bond acceptors (Lipinski definition) is 4. The van der Waals surface area contributed by atoms with Gasteiger partial charge in [-0.05, 0) is 65.3 Å². The van der Waals surface area contributed by atoms with E-state index in [0.29, 0.717) is 18.4 Å². The summed E-state index contributed by atoms with van der Waals surface area (Å²) in [5.74, 6) is -0.430. The Hall–Kier alpha value is -2.89. The highest BCUT2D eigenvalue weighted by atomic mass is 35.5. The normalized spacial score (nSPS) is 16.2. The Bertz CT molecular complexity index is 1190. The molecule has 1 aliphatic heterocycles. The highest BCUT2D eigenvalue weighted by Gasteiger charge is 2.30. The van der Waals surface area contributed by atoms with Crippen molar-refractivity contribution in [1.29, 1.82) is 0 Å². The summed E-state index contributed by atoms with van der Waals surface area (Å²) in [5.41, 5.74) is 4.40. The van der Waals surface area contributed by atoms with E-state index in [-0.39, 0.29) is 11.3 Å². The number of rotatable bonds is 8. The zero-order valence-electron chi connectivity index (χ0n) is 19.1. The molecule has 2 aliphatic rings. The lowest BCUT2D eigenvalue weighted by molar-refractivity contribution is 0.0536. The second kappa shape index (κ2) is 9.77. The van der Waals surface area contributed by atoms with Crippen LogP contribution in [-0.4, -0.2) is 37.7 Å². The first-order chi connectivity index (χ1) is 16.5. The number of esters is 1. The average Bonchev–Trinajstić information content (AvgIpc) is 3.67. The molecule has 3 aromatic carbocycles. The quantitative estimate of drug-likeness (QED) is 0.354. The van der Waals surface area contributed by atoms with Crippen molar-refractivity contribution in [2.75, 3.05) is 26.8 Å². The summed E-state index contributed by atoms with van der Waals surface area (Å²) in [6.45, 7) is 3.08. The molecule has 1 saturated carbocycles. The van der Waals surface area contributed by atoms with Crippen LogP contribution in [0.5, 0.6) is 5.75 Å². The molecule has 1 heterocycles. The zero-order chi connectivity index (χ0) is 23.7. The summed E-state index contributed by atoms with van der Waals surface area (Å²) in [5, 5.41) is 0.732. The molecule has 0 aromatic heterocycles. The van der Waals surface area contributed by atoms with Gasteiger partial charge in [0.1, 0.15) is 0 Å². The second-order valence-electron chi connectivity index (χ2n) is 9.22. The van der Waals surface area contributed by atoms with E-state index >= 15 is 0 Å². The molecule has 0 bridgehead atoms. The number of benzene rings is 3. The minimum atomic E-state index is -0.666. The van der Waals surface area contributed by atoms with Gasteiger partial charge in [0.2, 0.25) is 0 Å². The van der Waals surface area contributed by atoms with Crippen LogP contribution in [0.2, 0.25) is 5.02 Å². The largest absolute Gasteiger partial charge is 0.490 e. The third-order valence-corrected chi connectivity index (χ3v) is 6.78. The molecule has 1 saturated heterocycles. The predicted molar refractivity (Wildman–Crippen MR) is 131 cm³/mol. The van der Waals surface area contributed by atoms with Crippen LogP contribution in [0.1, 0.15) is 40.2 Å². The summed E-state index contributed by atoms with van der Waals surface area (Å²) < 4.78 is 25.4. The van der Waals surface area contributed by atoms with Crippen molar-refractivity contribution in [3.63, 3.8) is 0 Å². The maximum Gasteiger partial charge on any atom is 0.341 e. The molecule has 0 unspecified atom stereocenters. The van der Waals surface area contributed by atoms with Gasteiger partial charge in [0.25, 0.3) is 0 Å². The molecule has 0 amide bonds. The van der Waals surface area contributed by atoms with Gasteiger partial charge in [0.15, 0.2) is 11.6 Å². The lowest BCUT2D eigenvalue weighted by Crippen LogP contribution is -2.48. The number of methoxy groups -OCH3 is 1. The van der Waals surface area contributed by atoms with Gasteiger partial charge >= 0.3 is 5.97 Å². The monoisotopic (exact) mass is 479 g/mol. The standard InChI is InChI=1S/C28H27ClFNO3/c1-33-28(32)25-12-23(21-9-10-21)13-26(27(25)30)34-17-19-15-31(16-19)14-18-5-7-20(8-6-18)22-3-2-4-24(29)11-22/h2-8,11-13,19,21H,9-10,14-17H2,1H3. The molecule has 2 fully saturated rings. The smallest absolute Gasteiger partial charge is 0.341 e. The van der Waals surface area contributed by atoms with Gasteiger partial charge < -0.3 is 9.47 Å². The number of likely N-dealkylation sites (tertiary alicyclic amines) is 1. The van der Waals surface area contributed by atoms with Crippen LogP contribution in [0.4, 0.5) is 4.39 Å². The average molecular weight is 480 g/mol. The third-order valence-electron chi connectivity index (χ3n) is 6.54. The highest BCUT2D eigenvalue weighted by molar-refractivity contribution is 6.30. The number of ether oxygens (including phenoxy) is 2. The first-order valence-electron chi connectivity index (χ1n) is 11.6. The predicted octanol–water partition coefficient (Wildman–Crippen LogP) is 6.32. The van der Waals surface area contributed by atoms with Gasteiger partial charge in [-0.15, -0.1) is 0 Å². The maximum atomic E-state index is 14.8. The van der Waals surface area contributed by atoms with E-state index in [1.807, 2.05) is 18.2 Å². The molecule has 5 rings (SSSR count). The maximum absolute atomic E-state index is 14.8. The molecule has 0 radical (unpaired) electrons. The fourth-order valence-electron chi connectivity index (χ4n) is 4.48. The van der Waals surface area contributed by atoms with Crippen LogP contribution >= 0.6 is 11.6 Å². The molecule has 176 valence electrons. The van der Waals surface area contributed by atoms with Gasteiger partial charge in [0, 0.05) is 30.6 Å². The van der Waals surface area contributed by atoms with E-state index in [2.05, 4.69) is 35.2 Å². The Morgan fingerprint density at radius 3 is 2.50 bits per heavy atom. The topological polar surface area (TPSA) is 38.8 Å². The van der Waals surface area contributed by atoms with Crippen LogP contribution in [0.25, 0.3) is 11.1 Å². The first-order valence-corrected chi connectivity index (χ1v) is 12.0. The van der Waals surface area contributed by atoms with Gasteiger partial charge in [-0.2, -0.15) is 0 Å². The fourth-order valence-corrected chi connectivity index (χ4v) is 4.67. The molecule has 4 nitrogen and oxygen atoms in total. The van der Waals surface area contributed by atoms with Crippen molar-refractivity contribution in [2.45, 2.75) is 25.3 Å². The zero-order valence-corrected chi connectivity index (χ0v) is 19.9. The second-order valence-corrected chi connectivity index (χ2v) is 9.66. The third kappa shape index (κ3) is 5.11. The molecule has 3 aromatic rings. The van der Waals surface area contributed by atoms with E-state index in [9.17, 15) is 9.18 Å². The van der Waals surface area contributed by atoms with Gasteiger partial charge in [-0.25, -0.2) is 9.18 Å². The lowest BCUT2D eigenvalue weighted by atomic mass is 9.99. The van der Waals surface area contributed by atoms with Crippen molar-refractivity contribution in [3.05, 3.63) is 88.2 Å². The van der Waals surface area contributed by atoms with E-state index in [1.54, 1.807) is 12.1 Å². The number of hydrogen-bond donors (Lipinski definition) is 0. The van der Waals surface area contributed by atoms with Crippen molar-refractivity contribution in [3.8, 4) is 16.9 Å². The Morgan fingerprint density at radius 1 is 1.06 bits per heavy atom. The molecular weight excluding hydrogens is 453 g/mol. The van der Waals surface area contributed by atoms with Crippen LogP contribution in [0, 0.1) is 11.7 Å². The summed E-state index contributed by atoms with van der Waals surface area (Å²) >= 11 is 6.10. The van der Waals surface area contributed by atoms with E-state index in [1.165, 1.54) is 12.7 Å². The van der Waals surface area contributed by atoms with Crippen molar-refractivity contribution >= 4 is 17.6 Å². The Kier molecular flexibility index (Phi) is 6.57. The van der Waals surface area contributed by atoms with E-state index in [0.717, 1.165) is 54.2 Å². The van der Waals surface area contributed by atoms with Crippen molar-refractivity contribution in [1.82, 2.24) is 4.90 Å². The molecule has 1 aliphatic carbocycles. The molecular formula is C28H27ClFNO3. The highest BCUT2D eigenvalue weighted by Crippen LogP contribution is 2.42. The number of halogens is 2. The van der Waals surface area contributed by atoms with Crippen LogP contribution in [0.3, 0.4) is 0 Å². The van der Waals surface area contributed by atoms with Gasteiger partial charge in [0.05, 0.1) is 19.3 Å². The number of carbonyl (C=O) groups excluding carboxylic acids is 1. The molecule has 34 heavy (non-hydrogen) atoms. The first kappa shape index (κ1) is 22.9. The van der Waals surface area contributed by atoms with Crippen LogP contribution < -0.4 is 4.74 Å². The fraction of sp³-hybridized carbons (Fsp3) is 0.321. The molecule has 0 spiro atoms. The number of nitrogens with zero attached hydrogens (tertiary/aromatic N) is 1. The number of carbonyl (C=O) groups is 1. The van der Waals surface area contributed by atoms with Crippen LogP contribution in [0.15, 0.2) is 60.7 Å². The summed E-state index contributed by atoms with van der Waals surface area (Å²) in [6.07, 6.45) is 2.12. The Labute approximate surface area is 204 Å². The summed E-state index contributed by atoms with van der Waals surface area (Å²) in [4.78, 5) is 14.3. The van der Waals surface area contributed by atoms with E-state index in [4.69, 9.17) is 21.1 Å². The Balaban J connectivity index is 1.15. The van der Waals surface area contributed by atoms with Gasteiger partial charge in [-0.1, -0.05) is 48.0 Å². The van der Waals surface area contributed by atoms with Gasteiger partial charge in [-0.3, -0.25) is 4.90 Å². The van der Waals surface area contributed by atoms with E-state index < -0.39 is 11.8 Å². The Morgan fingerprint density at radius 2 is 1.82 bits per heavy atom. The van der Waals surface area contributed by atoms with Crippen molar-refractivity contribution < 1.29 is 18.7 Å². The summed E-state index contributed by atoms with van der Waals surface area (Å²) in [6, 6.07) is 19.7. The lowest BCUT2D eigenvalue weighted by Gasteiger charge is -2.39. The minimum absolute atomic E-state index is 0.0432. The van der Waals surface area contributed by atoms with Crippen molar-refractivity contribution in [2.24, 2.45) is 5.92 Å². The molecule has 6 heteroatoms. The minimum Gasteiger partial charge on any atom is -0.490 e. The summed E-state index contributed by atoms with van der Waals surface area (Å²) in [7, 11) is 1.26.